The normalized spacial score (nSPS) is 12.1. The summed E-state index contributed by atoms with van der Waals surface area (Å²) in [4.78, 5) is 32.2. The highest BCUT2D eigenvalue weighted by Crippen LogP contribution is 2.23. The van der Waals surface area contributed by atoms with Crippen molar-refractivity contribution in [1.82, 2.24) is 19.5 Å². The summed E-state index contributed by atoms with van der Waals surface area (Å²) in [5.74, 6) is 0.255. The highest BCUT2D eigenvalue weighted by molar-refractivity contribution is 7.43. The zero-order valence-corrected chi connectivity index (χ0v) is 10.5. The lowest BCUT2D eigenvalue weighted by molar-refractivity contribution is -0.342. The Morgan fingerprint density at radius 2 is 2.11 bits per heavy atom. The number of imidazole rings is 1. The van der Waals surface area contributed by atoms with Crippen LogP contribution >= 0.6 is 7.82 Å². The van der Waals surface area contributed by atoms with E-state index in [9.17, 15) is 14.4 Å². The average Bonchev–Trinajstić information content (AvgIpc) is 2.72. The van der Waals surface area contributed by atoms with Gasteiger partial charge in [0.15, 0.2) is 11.5 Å². The summed E-state index contributed by atoms with van der Waals surface area (Å²) in [6.07, 6.45) is 2.76. The largest absolute Gasteiger partial charge is 0.790 e. The fraction of sp³-hybridized carbons (Fsp3) is 0.375. The molecule has 0 aromatic carbocycles. The van der Waals surface area contributed by atoms with Gasteiger partial charge in [0.1, 0.15) is 18.6 Å². The van der Waals surface area contributed by atoms with Crippen LogP contribution in [0.1, 0.15) is 0 Å². The van der Waals surface area contributed by atoms with E-state index in [1.54, 1.807) is 4.57 Å². The molecule has 0 bridgehead atoms. The summed E-state index contributed by atoms with van der Waals surface area (Å²) in [5.41, 5.74) is 6.55. The van der Waals surface area contributed by atoms with Gasteiger partial charge in [-0.2, -0.15) is 0 Å². The molecule has 0 unspecified atom stereocenters. The van der Waals surface area contributed by atoms with Crippen LogP contribution in [0.2, 0.25) is 0 Å². The SMILES string of the molecule is Nc1ncnc2c1ncn2COCCOP(=O)([O-])[O-]. The highest BCUT2D eigenvalue weighted by Gasteiger charge is 2.07. The predicted molar refractivity (Wildman–Crippen MR) is 59.2 cm³/mol. The van der Waals surface area contributed by atoms with Crippen LogP contribution < -0.4 is 15.5 Å². The molecule has 11 heteroatoms. The summed E-state index contributed by atoms with van der Waals surface area (Å²) in [5, 5.41) is 0. The molecule has 2 N–H and O–H groups in total. The molecule has 19 heavy (non-hydrogen) atoms. The number of rotatable bonds is 6. The molecule has 104 valence electrons. The van der Waals surface area contributed by atoms with Crippen LogP contribution in [0.25, 0.3) is 11.2 Å². The molecule has 0 aliphatic heterocycles. The molecular formula is C8H10N5O5P-2. The molecule has 2 aromatic heterocycles. The number of hydrogen-bond acceptors (Lipinski definition) is 9. The standard InChI is InChI=1S/C8H12N5O5P/c9-7-6-8(11-3-10-7)13(4-12-6)5-17-1-2-18-19(14,15)16/h3-4H,1-2,5H2,(H2,9,10,11)(H2,14,15,16)/p-2. The van der Waals surface area contributed by atoms with Gasteiger partial charge in [-0.25, -0.2) is 15.0 Å². The molecule has 2 heterocycles. The maximum atomic E-state index is 10.2. The van der Waals surface area contributed by atoms with E-state index >= 15 is 0 Å². The second-order valence-electron chi connectivity index (χ2n) is 3.46. The van der Waals surface area contributed by atoms with Crippen LogP contribution in [-0.4, -0.2) is 32.7 Å². The van der Waals surface area contributed by atoms with Gasteiger partial charge < -0.3 is 29.3 Å². The first kappa shape index (κ1) is 13.8. The van der Waals surface area contributed by atoms with E-state index < -0.39 is 7.82 Å². The monoisotopic (exact) mass is 287 g/mol. The van der Waals surface area contributed by atoms with Crippen molar-refractivity contribution in [3.05, 3.63) is 12.7 Å². The van der Waals surface area contributed by atoms with Gasteiger partial charge in [0.2, 0.25) is 0 Å². The van der Waals surface area contributed by atoms with E-state index in [-0.39, 0.29) is 25.8 Å². The molecule has 0 fully saturated rings. The van der Waals surface area contributed by atoms with E-state index in [2.05, 4.69) is 19.5 Å². The van der Waals surface area contributed by atoms with E-state index in [0.717, 1.165) is 0 Å². The number of phosphoric ester groups is 1. The Kier molecular flexibility index (Phi) is 4.08. The summed E-state index contributed by atoms with van der Waals surface area (Å²) >= 11 is 0. The Labute approximate surface area is 107 Å². The minimum atomic E-state index is -4.95. The fourth-order valence-corrected chi connectivity index (χ4v) is 1.66. The van der Waals surface area contributed by atoms with Gasteiger partial charge in [-0.05, 0) is 0 Å². The van der Waals surface area contributed by atoms with Gasteiger partial charge in [-0.3, -0.25) is 4.57 Å². The molecule has 0 saturated heterocycles. The summed E-state index contributed by atoms with van der Waals surface area (Å²) in [6, 6.07) is 0. The van der Waals surface area contributed by atoms with Gasteiger partial charge in [0, 0.05) is 0 Å². The van der Waals surface area contributed by atoms with Crippen molar-refractivity contribution in [3.8, 4) is 0 Å². The second-order valence-corrected chi connectivity index (χ2v) is 4.62. The first-order valence-electron chi connectivity index (χ1n) is 5.13. The molecule has 0 aliphatic rings. The van der Waals surface area contributed by atoms with E-state index in [4.69, 9.17) is 10.5 Å². The molecule has 10 nitrogen and oxygen atoms in total. The van der Waals surface area contributed by atoms with Crippen LogP contribution in [0.15, 0.2) is 12.7 Å². The topological polar surface area (TPSA) is 151 Å². The zero-order valence-electron chi connectivity index (χ0n) is 9.63. The Morgan fingerprint density at radius 1 is 1.32 bits per heavy atom. The van der Waals surface area contributed by atoms with Crippen molar-refractivity contribution < 1.29 is 23.6 Å². The van der Waals surface area contributed by atoms with Crippen molar-refractivity contribution in [2.75, 3.05) is 18.9 Å². The Balaban J connectivity index is 1.89. The molecule has 2 aromatic rings. The molecule has 0 aliphatic carbocycles. The molecule has 2 rings (SSSR count). The Bertz CT molecular complexity index is 611. The van der Waals surface area contributed by atoms with Crippen molar-refractivity contribution in [1.29, 1.82) is 0 Å². The third-order valence-electron chi connectivity index (χ3n) is 2.14. The molecular weight excluding hydrogens is 277 g/mol. The van der Waals surface area contributed by atoms with E-state index in [1.807, 2.05) is 0 Å². The van der Waals surface area contributed by atoms with E-state index in [1.165, 1.54) is 12.7 Å². The number of nitrogens with zero attached hydrogens (tertiary/aromatic N) is 4. The third kappa shape index (κ3) is 3.69. The summed E-state index contributed by atoms with van der Waals surface area (Å²) < 4.78 is 20.9. The molecule has 0 atom stereocenters. The van der Waals surface area contributed by atoms with E-state index in [0.29, 0.717) is 11.2 Å². The maximum absolute atomic E-state index is 10.2. The lowest BCUT2D eigenvalue weighted by atomic mass is 10.5. The van der Waals surface area contributed by atoms with Gasteiger partial charge in [0.25, 0.3) is 0 Å². The quantitative estimate of drug-likeness (QED) is 0.480. The number of nitrogen functional groups attached to an aromatic ring is 1. The minimum Gasteiger partial charge on any atom is -0.790 e. The molecule has 0 amide bonds. The summed E-state index contributed by atoms with van der Waals surface area (Å²) in [7, 11) is -4.95. The lowest BCUT2D eigenvalue weighted by Gasteiger charge is -2.28. The molecule has 0 spiro atoms. The van der Waals surface area contributed by atoms with Crippen molar-refractivity contribution >= 4 is 24.8 Å². The number of anilines is 1. The first-order valence-corrected chi connectivity index (χ1v) is 6.59. The summed E-state index contributed by atoms with van der Waals surface area (Å²) in [6.45, 7) is -0.332. The van der Waals surface area contributed by atoms with Crippen molar-refractivity contribution in [2.24, 2.45) is 0 Å². The van der Waals surface area contributed by atoms with Crippen molar-refractivity contribution in [2.45, 2.75) is 6.73 Å². The number of ether oxygens (including phenoxy) is 1. The van der Waals surface area contributed by atoms with Gasteiger partial charge in [-0.1, -0.05) is 0 Å². The third-order valence-corrected chi connectivity index (χ3v) is 2.64. The van der Waals surface area contributed by atoms with Gasteiger partial charge in [-0.15, -0.1) is 0 Å². The van der Waals surface area contributed by atoms with Crippen LogP contribution in [0, 0.1) is 0 Å². The molecule has 0 radical (unpaired) electrons. The number of fused-ring (bicyclic) bond motifs is 1. The minimum absolute atomic E-state index is 0.0608. The number of nitrogens with two attached hydrogens (primary N) is 1. The maximum Gasteiger partial charge on any atom is 0.167 e. The number of hydrogen-bond donors (Lipinski definition) is 1. The van der Waals surface area contributed by atoms with Crippen LogP contribution in [0.5, 0.6) is 0 Å². The number of phosphoric acid groups is 1. The highest BCUT2D eigenvalue weighted by atomic mass is 31.2. The van der Waals surface area contributed by atoms with Gasteiger partial charge in [0.05, 0.1) is 27.4 Å². The smallest absolute Gasteiger partial charge is 0.167 e. The Morgan fingerprint density at radius 3 is 2.84 bits per heavy atom. The number of aromatic nitrogens is 4. The van der Waals surface area contributed by atoms with Crippen molar-refractivity contribution in [3.63, 3.8) is 0 Å². The lowest BCUT2D eigenvalue weighted by Crippen LogP contribution is -2.18. The second kappa shape index (κ2) is 5.59. The Hall–Kier alpha value is -1.58. The fourth-order valence-electron chi connectivity index (χ4n) is 1.36. The average molecular weight is 287 g/mol. The van der Waals surface area contributed by atoms with Crippen LogP contribution in [0.3, 0.4) is 0 Å². The van der Waals surface area contributed by atoms with Gasteiger partial charge >= 0.3 is 0 Å². The first-order chi connectivity index (χ1) is 8.97. The van der Waals surface area contributed by atoms with Crippen LogP contribution in [0.4, 0.5) is 5.82 Å². The predicted octanol–water partition coefficient (Wildman–Crippen LogP) is -1.77. The van der Waals surface area contributed by atoms with Crippen LogP contribution in [-0.2, 0) is 20.6 Å². The molecule has 0 saturated carbocycles. The zero-order chi connectivity index (χ0) is 13.9.